The summed E-state index contributed by atoms with van der Waals surface area (Å²) in [6.45, 7) is 11.7. The minimum atomic E-state index is -1.79. The van der Waals surface area contributed by atoms with Gasteiger partial charge in [-0.05, 0) is 87.6 Å². The Morgan fingerprint density at radius 3 is 1.94 bits per heavy atom. The van der Waals surface area contributed by atoms with Crippen molar-refractivity contribution in [3.63, 3.8) is 0 Å². The molecule has 14 heteroatoms. The molecule has 1 fully saturated rings. The lowest BCUT2D eigenvalue weighted by atomic mass is 9.80. The van der Waals surface area contributed by atoms with Gasteiger partial charge in [-0.25, -0.2) is 9.46 Å². The SMILES string of the molecule is COc1ccc(C(OC[C@H]2O[C@@H](n3cc(C)c(=O)[nH]c3=O)C[C@@H]2OP(OC[C@@H](Cc2ccccc2)NC(C)=O)N(C(C)C)C(C)C)(c2ccccc2)c2ccc(OC)cc2)cc1. The van der Waals surface area contributed by atoms with Crippen LogP contribution in [0.15, 0.2) is 125 Å². The molecule has 1 aliphatic heterocycles. The number of ether oxygens (including phenoxy) is 4. The summed E-state index contributed by atoms with van der Waals surface area (Å²) in [4.78, 5) is 40.7. The predicted octanol–water partition coefficient (Wildman–Crippen LogP) is 7.65. The van der Waals surface area contributed by atoms with Crippen LogP contribution in [0, 0.1) is 6.92 Å². The van der Waals surface area contributed by atoms with Gasteiger partial charge >= 0.3 is 5.69 Å². The van der Waals surface area contributed by atoms with Crippen LogP contribution in [-0.4, -0.2) is 77.9 Å². The largest absolute Gasteiger partial charge is 0.497 e. The number of amides is 1. The number of carbonyl (C=O) groups is 1. The molecule has 5 atom stereocenters. The van der Waals surface area contributed by atoms with E-state index in [4.69, 9.17) is 28.0 Å². The molecule has 0 spiro atoms. The molecule has 2 heterocycles. The van der Waals surface area contributed by atoms with Gasteiger partial charge in [-0.1, -0.05) is 84.9 Å². The standard InChI is InChI=1S/C48H59N4O9P/c1-32(2)52(33(3)4)62(59-30-40(49-35(6)53)27-36-15-11-9-12-16-36)61-43-28-45(51-29-34(5)46(54)50-47(51)55)60-44(43)31-58-48(37-17-13-10-14-18-37,38-19-23-41(56-7)24-20-38)39-21-25-42(57-8)26-22-39/h9-26,29,32-33,40,43-45H,27-28,30-31H2,1-8H3,(H,49,53)(H,50,54,55)/t40-,43+,44-,45-,62?/m1/s1. The Kier molecular flexibility index (Phi) is 15.9. The van der Waals surface area contributed by atoms with Gasteiger partial charge in [-0.2, -0.15) is 0 Å². The third-order valence-electron chi connectivity index (χ3n) is 10.9. The highest BCUT2D eigenvalue weighted by Crippen LogP contribution is 2.51. The molecule has 330 valence electrons. The summed E-state index contributed by atoms with van der Waals surface area (Å²) in [5, 5.41) is 3.07. The molecule has 13 nitrogen and oxygen atoms in total. The van der Waals surface area contributed by atoms with E-state index >= 15 is 0 Å². The van der Waals surface area contributed by atoms with E-state index in [2.05, 4.69) is 42.7 Å². The molecular weight excluding hydrogens is 808 g/mol. The first-order valence-electron chi connectivity index (χ1n) is 21.0. The van der Waals surface area contributed by atoms with Crippen molar-refractivity contribution in [2.75, 3.05) is 27.4 Å². The average Bonchev–Trinajstić information content (AvgIpc) is 3.66. The van der Waals surface area contributed by atoms with Gasteiger partial charge in [0.2, 0.25) is 5.91 Å². The maximum Gasteiger partial charge on any atom is 0.330 e. The Balaban J connectivity index is 1.41. The third kappa shape index (κ3) is 11.1. The van der Waals surface area contributed by atoms with Crippen molar-refractivity contribution in [1.82, 2.24) is 19.5 Å². The summed E-state index contributed by atoms with van der Waals surface area (Å²) in [6, 6.07) is 35.2. The maximum atomic E-state index is 13.4. The van der Waals surface area contributed by atoms with Gasteiger partial charge in [0, 0.05) is 37.2 Å². The first-order chi connectivity index (χ1) is 29.8. The highest BCUT2D eigenvalue weighted by atomic mass is 31.2. The van der Waals surface area contributed by atoms with E-state index in [-0.39, 0.29) is 43.7 Å². The van der Waals surface area contributed by atoms with E-state index in [1.54, 1.807) is 21.1 Å². The molecule has 0 radical (unpaired) electrons. The van der Waals surface area contributed by atoms with Gasteiger partial charge < -0.3 is 33.3 Å². The first kappa shape index (κ1) is 46.4. The lowest BCUT2D eigenvalue weighted by Crippen LogP contribution is -2.41. The number of aromatic amines is 1. The molecule has 1 amide bonds. The number of hydrogen-bond donors (Lipinski definition) is 2. The topological polar surface area (TPSA) is 143 Å². The lowest BCUT2D eigenvalue weighted by molar-refractivity contribution is -0.119. The van der Waals surface area contributed by atoms with Crippen LogP contribution >= 0.6 is 8.53 Å². The quantitative estimate of drug-likeness (QED) is 0.0592. The number of methoxy groups -OCH3 is 2. The van der Waals surface area contributed by atoms with E-state index in [0.29, 0.717) is 23.5 Å². The Labute approximate surface area is 365 Å². The van der Waals surface area contributed by atoms with E-state index in [0.717, 1.165) is 22.3 Å². The average molecular weight is 867 g/mol. The van der Waals surface area contributed by atoms with E-state index < -0.39 is 43.8 Å². The second-order valence-electron chi connectivity index (χ2n) is 16.0. The summed E-state index contributed by atoms with van der Waals surface area (Å²) in [6.07, 6.45) is 0.130. The summed E-state index contributed by atoms with van der Waals surface area (Å²) < 4.78 is 42.7. The minimum Gasteiger partial charge on any atom is -0.497 e. The Morgan fingerprint density at radius 2 is 1.40 bits per heavy atom. The van der Waals surface area contributed by atoms with Gasteiger partial charge in [-0.3, -0.25) is 19.1 Å². The second kappa shape index (κ2) is 21.3. The van der Waals surface area contributed by atoms with Crippen molar-refractivity contribution in [3.05, 3.63) is 164 Å². The van der Waals surface area contributed by atoms with Crippen molar-refractivity contribution < 1.29 is 32.8 Å². The molecule has 2 N–H and O–H groups in total. The van der Waals surface area contributed by atoms with Gasteiger partial charge in [0.15, 0.2) is 0 Å². The van der Waals surface area contributed by atoms with Crippen molar-refractivity contribution in [2.24, 2.45) is 0 Å². The van der Waals surface area contributed by atoms with Crippen LogP contribution in [0.25, 0.3) is 0 Å². The van der Waals surface area contributed by atoms with E-state index in [1.807, 2.05) is 109 Å². The molecule has 0 aliphatic carbocycles. The second-order valence-corrected chi connectivity index (χ2v) is 17.4. The summed E-state index contributed by atoms with van der Waals surface area (Å²) in [7, 11) is 1.47. The molecule has 4 aromatic carbocycles. The van der Waals surface area contributed by atoms with E-state index in [1.165, 1.54) is 17.7 Å². The number of nitrogens with zero attached hydrogens (tertiary/aromatic N) is 2. The number of rotatable bonds is 20. The highest BCUT2D eigenvalue weighted by molar-refractivity contribution is 7.44. The molecule has 1 aromatic heterocycles. The molecule has 6 rings (SSSR count). The monoisotopic (exact) mass is 866 g/mol. The fraction of sp³-hybridized carbons (Fsp3) is 0.396. The normalized spacial score (nSPS) is 17.6. The summed E-state index contributed by atoms with van der Waals surface area (Å²) in [5.74, 6) is 1.23. The zero-order chi connectivity index (χ0) is 44.4. The van der Waals surface area contributed by atoms with Crippen LogP contribution in [0.4, 0.5) is 0 Å². The lowest BCUT2D eigenvalue weighted by Gasteiger charge is -2.39. The first-order valence-corrected chi connectivity index (χ1v) is 22.1. The van der Waals surface area contributed by atoms with Gasteiger partial charge in [0.05, 0.1) is 39.6 Å². The molecule has 0 saturated carbocycles. The molecule has 1 saturated heterocycles. The molecule has 62 heavy (non-hydrogen) atoms. The van der Waals surface area contributed by atoms with Crippen LogP contribution in [0.2, 0.25) is 0 Å². The van der Waals surface area contributed by atoms with Gasteiger partial charge in [-0.15, -0.1) is 0 Å². The molecule has 5 aromatic rings. The number of nitrogens with one attached hydrogen (secondary N) is 2. The van der Waals surface area contributed by atoms with Gasteiger partial charge in [0.25, 0.3) is 14.1 Å². The number of hydrogen-bond acceptors (Lipinski definition) is 10. The third-order valence-corrected chi connectivity index (χ3v) is 13.0. The van der Waals surface area contributed by atoms with Crippen molar-refractivity contribution in [3.8, 4) is 11.5 Å². The fourth-order valence-electron chi connectivity index (χ4n) is 7.95. The number of benzene rings is 4. The number of aryl methyl sites for hydroxylation is 1. The molecule has 1 aliphatic rings. The van der Waals surface area contributed by atoms with Crippen molar-refractivity contribution >= 4 is 14.4 Å². The Bertz CT molecular complexity index is 2250. The summed E-state index contributed by atoms with van der Waals surface area (Å²) >= 11 is 0. The van der Waals surface area contributed by atoms with Crippen molar-refractivity contribution in [2.45, 2.75) is 96.5 Å². The zero-order valence-electron chi connectivity index (χ0n) is 36.8. The predicted molar refractivity (Wildman–Crippen MR) is 240 cm³/mol. The fourth-order valence-corrected chi connectivity index (χ4v) is 9.76. The highest BCUT2D eigenvalue weighted by Gasteiger charge is 2.45. The zero-order valence-corrected chi connectivity index (χ0v) is 37.7. The minimum absolute atomic E-state index is 0.0141. The Hall–Kier alpha value is -5.14. The molecular formula is C48H59N4O9P. The van der Waals surface area contributed by atoms with Gasteiger partial charge in [0.1, 0.15) is 29.4 Å². The van der Waals surface area contributed by atoms with Crippen LogP contribution in [0.3, 0.4) is 0 Å². The number of aromatic nitrogens is 2. The Morgan fingerprint density at radius 1 is 0.855 bits per heavy atom. The smallest absolute Gasteiger partial charge is 0.330 e. The molecule has 1 unspecified atom stereocenters. The molecule has 0 bridgehead atoms. The van der Waals surface area contributed by atoms with Crippen molar-refractivity contribution in [1.29, 1.82) is 0 Å². The maximum absolute atomic E-state index is 13.4. The van der Waals surface area contributed by atoms with Crippen LogP contribution < -0.4 is 26.0 Å². The van der Waals surface area contributed by atoms with Crippen LogP contribution in [0.1, 0.15) is 75.1 Å². The number of H-pyrrole nitrogens is 1. The van der Waals surface area contributed by atoms with Crippen LogP contribution in [0.5, 0.6) is 11.5 Å². The summed E-state index contributed by atoms with van der Waals surface area (Å²) in [5.41, 5.74) is 1.76. The van der Waals surface area contributed by atoms with Crippen LogP contribution in [-0.2, 0) is 35.3 Å². The van der Waals surface area contributed by atoms with E-state index in [9.17, 15) is 14.4 Å². The number of carbonyl (C=O) groups excluding carboxylic acids is 1.